The first kappa shape index (κ1) is 66.9. The summed E-state index contributed by atoms with van der Waals surface area (Å²) >= 11 is 0. The fraction of sp³-hybridized carbons (Fsp3) is 0. The number of hydrogen-bond donors (Lipinski definition) is 0. The van der Waals surface area contributed by atoms with Crippen molar-refractivity contribution in [1.82, 2.24) is 0 Å². The van der Waals surface area contributed by atoms with Crippen LogP contribution in [0.5, 0.6) is 0 Å². The smallest absolute Gasteiger partial charge is 0.00506 e. The molecular formula is C44H40N4Ti4-4. The summed E-state index contributed by atoms with van der Waals surface area (Å²) < 4.78 is 0. The van der Waals surface area contributed by atoms with E-state index in [0.29, 0.717) is 0 Å². The number of allylic oxidation sites excluding steroid dienone is 32. The van der Waals surface area contributed by atoms with Crippen molar-refractivity contribution in [3.8, 4) is 0 Å². The molecule has 0 heterocycles. The summed E-state index contributed by atoms with van der Waals surface area (Å²) in [6.07, 6.45) is 80.0. The molecule has 0 N–H and O–H groups in total. The third kappa shape index (κ3) is 72.4. The molecule has 0 aromatic rings. The van der Waals surface area contributed by atoms with Crippen molar-refractivity contribution < 1.29 is 86.9 Å². The van der Waals surface area contributed by atoms with Gasteiger partial charge in [-0.25, -0.2) is 0 Å². The molecule has 0 aromatic carbocycles. The van der Waals surface area contributed by atoms with Gasteiger partial charge in [0.05, 0.1) is 0 Å². The molecule has 0 atom stereocenters. The molecule has 52 heavy (non-hydrogen) atoms. The Morgan fingerprint density at radius 2 is 0.192 bits per heavy atom. The Labute approximate surface area is 376 Å². The molecule has 0 aromatic heterocycles. The maximum Gasteiger partial charge on any atom is 0.00506 e. The van der Waals surface area contributed by atoms with Crippen molar-refractivity contribution in [2.45, 2.75) is 0 Å². The maximum absolute atomic E-state index is 6.25. The molecule has 8 aliphatic carbocycles. The van der Waals surface area contributed by atoms with Crippen LogP contribution in [-0.2, 0) is 86.9 Å². The molecule has 8 radical (unpaired) electrons. The molecule has 256 valence electrons. The minimum absolute atomic E-state index is 0. The molecule has 0 amide bonds. The van der Waals surface area contributed by atoms with E-state index in [1.165, 1.54) is 0 Å². The van der Waals surface area contributed by atoms with Crippen molar-refractivity contribution in [2.24, 2.45) is 0 Å². The fourth-order valence-electron chi connectivity index (χ4n) is 2.57. The Balaban J connectivity index is -0.0000000683. The Morgan fingerprint density at radius 1 is 0.135 bits per heavy atom. The van der Waals surface area contributed by atoms with Crippen LogP contribution in [0.3, 0.4) is 0 Å². The maximum atomic E-state index is 6.25. The van der Waals surface area contributed by atoms with Crippen LogP contribution in [0.15, 0.2) is 194 Å². The van der Waals surface area contributed by atoms with Crippen LogP contribution in [0.25, 0.3) is 0 Å². The minimum atomic E-state index is 0. The van der Waals surface area contributed by atoms with Crippen LogP contribution in [-0.4, -0.2) is 0 Å². The summed E-state index contributed by atoms with van der Waals surface area (Å²) in [6, 6.07) is 0. The zero-order valence-corrected chi connectivity index (χ0v) is 35.1. The second-order valence-corrected chi connectivity index (χ2v) is 7.70. The molecule has 4 nitrogen and oxygen atoms in total. The standard InChI is InChI=1S/8C5H5.4CN.4Ti/c8*1-2-4-5-3-1;4*1-2;;;;/h8*1-5H;;;;;;;;/q;;;;;;;;4*-1;;;;. The molecule has 8 heteroatoms. The van der Waals surface area contributed by atoms with Gasteiger partial charge in [0.1, 0.15) is 0 Å². The monoisotopic (exact) mass is 816 g/mol. The minimum Gasteiger partial charge on any atom is -0.512 e. The normalized spacial score (nSPS) is 13.7. The van der Waals surface area contributed by atoms with Crippen LogP contribution < -0.4 is 0 Å². The van der Waals surface area contributed by atoms with Gasteiger partial charge in [-0.15, -0.1) is 0 Å². The van der Waals surface area contributed by atoms with E-state index in [4.69, 9.17) is 47.3 Å². The van der Waals surface area contributed by atoms with Gasteiger partial charge in [0.25, 0.3) is 0 Å². The summed E-state index contributed by atoms with van der Waals surface area (Å²) in [5.41, 5.74) is 0. The van der Waals surface area contributed by atoms with E-state index in [2.05, 4.69) is 0 Å². The third-order valence-corrected chi connectivity index (χ3v) is 4.44. The van der Waals surface area contributed by atoms with Gasteiger partial charge in [0, 0.05) is 138 Å². The van der Waals surface area contributed by atoms with E-state index in [-0.39, 0.29) is 86.9 Å². The molecule has 8 rings (SSSR count). The third-order valence-electron chi connectivity index (χ3n) is 4.44. The van der Waals surface area contributed by atoms with Crippen LogP contribution in [0.4, 0.5) is 0 Å². The first-order chi connectivity index (χ1) is 24.0. The molecule has 0 saturated heterocycles. The summed E-state index contributed by atoms with van der Waals surface area (Å²) in [6.45, 7) is 19.0. The Kier molecular flexibility index (Phi) is 99.3. The van der Waals surface area contributed by atoms with Crippen molar-refractivity contribution in [2.75, 3.05) is 0 Å². The number of hydrogen-bond acceptors (Lipinski definition) is 4. The Bertz CT molecular complexity index is 918. The molecular weight excluding hydrogens is 776 g/mol. The van der Waals surface area contributed by atoms with E-state index in [1.807, 2.05) is 246 Å². The second kappa shape index (κ2) is 77.2. The fourth-order valence-corrected chi connectivity index (χ4v) is 2.57. The van der Waals surface area contributed by atoms with Gasteiger partial charge in [0.2, 0.25) is 0 Å². The zero-order valence-electron chi connectivity index (χ0n) is 28.9. The first-order valence-electron chi connectivity index (χ1n) is 14.2. The summed E-state index contributed by atoms with van der Waals surface area (Å²) in [5.74, 6) is 0. The molecule has 0 spiro atoms. The van der Waals surface area contributed by atoms with Gasteiger partial charge in [-0.2, -0.15) is 0 Å². The quantitative estimate of drug-likeness (QED) is 0.180. The van der Waals surface area contributed by atoms with Gasteiger partial charge in [0.15, 0.2) is 0 Å². The molecule has 0 bridgehead atoms. The van der Waals surface area contributed by atoms with Gasteiger partial charge in [-0.05, 0) is 0 Å². The summed E-state index contributed by atoms with van der Waals surface area (Å²) in [7, 11) is 0. The second-order valence-electron chi connectivity index (χ2n) is 7.70. The topological polar surface area (TPSA) is 95.2 Å². The van der Waals surface area contributed by atoms with Crippen LogP contribution in [0.2, 0.25) is 0 Å². The molecule has 0 unspecified atom stereocenters. The van der Waals surface area contributed by atoms with E-state index in [1.54, 1.807) is 0 Å². The van der Waals surface area contributed by atoms with Crippen LogP contribution >= 0.6 is 0 Å². The Hall–Kier alpha value is -3.34. The van der Waals surface area contributed by atoms with Crippen LogP contribution in [0.1, 0.15) is 0 Å². The van der Waals surface area contributed by atoms with Crippen LogP contribution in [0, 0.1) is 98.7 Å². The van der Waals surface area contributed by atoms with E-state index >= 15 is 0 Å². The summed E-state index contributed by atoms with van der Waals surface area (Å²) in [4.78, 5) is 0. The largest absolute Gasteiger partial charge is 0.512 e. The average molecular weight is 816 g/mol. The van der Waals surface area contributed by atoms with Crippen molar-refractivity contribution in [1.29, 1.82) is 21.0 Å². The zero-order chi connectivity index (χ0) is 36.3. The van der Waals surface area contributed by atoms with Gasteiger partial charge < -0.3 is 47.3 Å². The number of nitrogens with zero attached hydrogens (tertiary/aromatic N) is 4. The average Bonchev–Trinajstić information content (AvgIpc) is 4.06. The van der Waals surface area contributed by atoms with Gasteiger partial charge in [-0.3, -0.25) is 0 Å². The molecule has 0 aliphatic heterocycles. The predicted molar refractivity (Wildman–Crippen MR) is 201 cm³/mol. The van der Waals surface area contributed by atoms with E-state index < -0.39 is 0 Å². The van der Waals surface area contributed by atoms with E-state index in [0.717, 1.165) is 0 Å². The van der Waals surface area contributed by atoms with Gasteiger partial charge >= 0.3 is 0 Å². The first-order valence-corrected chi connectivity index (χ1v) is 14.2. The Morgan fingerprint density at radius 3 is 0.212 bits per heavy atom. The van der Waals surface area contributed by atoms with Crippen molar-refractivity contribution >= 4 is 0 Å². The van der Waals surface area contributed by atoms with Gasteiger partial charge in [-0.1, -0.05) is 194 Å². The van der Waals surface area contributed by atoms with Crippen molar-refractivity contribution in [3.63, 3.8) is 0 Å². The molecule has 0 fully saturated rings. The predicted octanol–water partition coefficient (Wildman–Crippen LogP) is 10.9. The molecule has 0 saturated carbocycles. The van der Waals surface area contributed by atoms with E-state index in [9.17, 15) is 0 Å². The summed E-state index contributed by atoms with van der Waals surface area (Å²) in [5, 5.41) is 25.0. The molecule has 8 aliphatic rings. The van der Waals surface area contributed by atoms with Crippen molar-refractivity contribution in [3.05, 3.63) is 272 Å². The SMILES string of the molecule is [C-]#N.[C-]#N.[C-]#N.[C-]#N.[CH]1C=CC=C1.[CH]1C=CC=C1.[CH]1C=CC=C1.[CH]1C=CC=C1.[CH]1C=CC=C1.[CH]1C=CC=C1.[CH]1C=CC=C1.[CH]1C=CC=C1.[Ti].[Ti].[Ti].[Ti]. The number of rotatable bonds is 0.